The zero-order valence-corrected chi connectivity index (χ0v) is 13.6. The normalized spacial score (nSPS) is 10.6. The molecule has 0 bridgehead atoms. The molecule has 0 aliphatic rings. The van der Waals surface area contributed by atoms with E-state index in [0.717, 1.165) is 10.2 Å². The third-order valence-corrected chi connectivity index (χ3v) is 4.22. The van der Waals surface area contributed by atoms with Crippen molar-refractivity contribution < 1.29 is 4.92 Å². The molecule has 8 heteroatoms. The molecule has 0 saturated heterocycles. The van der Waals surface area contributed by atoms with Gasteiger partial charge >= 0.3 is 0 Å². The summed E-state index contributed by atoms with van der Waals surface area (Å²) in [5.74, 6) is 0. The number of benzene rings is 1. The highest BCUT2D eigenvalue weighted by Crippen LogP contribution is 2.29. The van der Waals surface area contributed by atoms with Gasteiger partial charge in [-0.3, -0.25) is 14.8 Å². The molecule has 0 N–H and O–H groups in total. The fourth-order valence-corrected chi connectivity index (χ4v) is 3.14. The Morgan fingerprint density at radius 1 is 1.33 bits per heavy atom. The summed E-state index contributed by atoms with van der Waals surface area (Å²) in [6.07, 6.45) is 0. The van der Waals surface area contributed by atoms with Crippen LogP contribution in [0.5, 0.6) is 0 Å². The summed E-state index contributed by atoms with van der Waals surface area (Å²) in [6.45, 7) is 0.439. The van der Waals surface area contributed by atoms with Crippen LogP contribution in [0.2, 0.25) is 0 Å². The maximum atomic E-state index is 10.8. The fraction of sp³-hybridized carbons (Fsp3) is 0.100. The Labute approximate surface area is 128 Å². The van der Waals surface area contributed by atoms with Crippen LogP contribution >= 0.6 is 47.8 Å². The molecule has 0 radical (unpaired) electrons. The van der Waals surface area contributed by atoms with Crippen LogP contribution in [0.15, 0.2) is 37.9 Å². The van der Waals surface area contributed by atoms with Gasteiger partial charge in [-0.05, 0) is 53.4 Å². The van der Waals surface area contributed by atoms with Crippen LogP contribution < -0.4 is 0 Å². The Balaban J connectivity index is 2.38. The van der Waals surface area contributed by atoms with Crippen LogP contribution in [0.1, 0.15) is 5.56 Å². The predicted octanol–water partition coefficient (Wildman–Crippen LogP) is 4.13. The van der Waals surface area contributed by atoms with Gasteiger partial charge in [-0.25, -0.2) is 0 Å². The largest absolute Gasteiger partial charge is 0.283 e. The van der Waals surface area contributed by atoms with Gasteiger partial charge in [0.2, 0.25) is 0 Å². The van der Waals surface area contributed by atoms with Crippen molar-refractivity contribution in [3.05, 3.63) is 53.6 Å². The standard InChI is InChI=1S/C10H6Br3N3O2/c11-8-4-9(12)15(14-8)5-6-2-1-3-7(10(6)13)16(17)18/h1-4H,5H2. The highest BCUT2D eigenvalue weighted by atomic mass is 79.9. The average Bonchev–Trinajstić information content (AvgIpc) is 2.60. The minimum Gasteiger partial charge on any atom is -0.258 e. The third-order valence-electron chi connectivity index (χ3n) is 2.28. The van der Waals surface area contributed by atoms with E-state index in [1.165, 1.54) is 6.07 Å². The van der Waals surface area contributed by atoms with Crippen molar-refractivity contribution in [3.8, 4) is 0 Å². The molecule has 5 nitrogen and oxygen atoms in total. The van der Waals surface area contributed by atoms with Gasteiger partial charge in [0, 0.05) is 12.1 Å². The van der Waals surface area contributed by atoms with Gasteiger partial charge in [-0.2, -0.15) is 5.10 Å². The second-order valence-electron chi connectivity index (χ2n) is 3.45. The van der Waals surface area contributed by atoms with Crippen LogP contribution in [0.4, 0.5) is 5.69 Å². The first-order chi connectivity index (χ1) is 8.49. The smallest absolute Gasteiger partial charge is 0.258 e. The summed E-state index contributed by atoms with van der Waals surface area (Å²) >= 11 is 9.90. The van der Waals surface area contributed by atoms with E-state index >= 15 is 0 Å². The predicted molar refractivity (Wildman–Crippen MR) is 77.5 cm³/mol. The van der Waals surface area contributed by atoms with Crippen LogP contribution in [0.25, 0.3) is 0 Å². The Morgan fingerprint density at radius 2 is 2.06 bits per heavy atom. The number of aromatic nitrogens is 2. The van der Waals surface area contributed by atoms with Gasteiger partial charge in [-0.15, -0.1) is 0 Å². The van der Waals surface area contributed by atoms with Crippen molar-refractivity contribution in [2.45, 2.75) is 6.54 Å². The first-order valence-electron chi connectivity index (χ1n) is 4.79. The molecule has 0 aliphatic carbocycles. The number of halogens is 3. The lowest BCUT2D eigenvalue weighted by Crippen LogP contribution is -2.03. The molecule has 1 aromatic carbocycles. The lowest BCUT2D eigenvalue weighted by molar-refractivity contribution is -0.385. The van der Waals surface area contributed by atoms with E-state index in [2.05, 4.69) is 52.9 Å². The molecule has 2 rings (SSSR count). The van der Waals surface area contributed by atoms with Gasteiger partial charge in [0.05, 0.1) is 11.5 Å². The zero-order chi connectivity index (χ0) is 13.3. The van der Waals surface area contributed by atoms with E-state index in [0.29, 0.717) is 15.6 Å². The van der Waals surface area contributed by atoms with Crippen molar-refractivity contribution in [1.29, 1.82) is 0 Å². The third kappa shape index (κ3) is 2.81. The molecule has 0 amide bonds. The Bertz CT molecular complexity index is 612. The van der Waals surface area contributed by atoms with E-state index in [9.17, 15) is 10.1 Å². The molecule has 0 aliphatic heterocycles. The Kier molecular flexibility index (Phi) is 4.18. The lowest BCUT2D eigenvalue weighted by Gasteiger charge is -2.06. The van der Waals surface area contributed by atoms with Crippen LogP contribution in [-0.4, -0.2) is 14.7 Å². The molecule has 18 heavy (non-hydrogen) atoms. The Hall–Kier alpha value is -0.730. The van der Waals surface area contributed by atoms with Crippen LogP contribution in [-0.2, 0) is 6.54 Å². The minimum atomic E-state index is -0.415. The van der Waals surface area contributed by atoms with Gasteiger partial charge < -0.3 is 0 Å². The highest BCUT2D eigenvalue weighted by molar-refractivity contribution is 9.11. The van der Waals surface area contributed by atoms with Gasteiger partial charge in [0.25, 0.3) is 5.69 Å². The first-order valence-corrected chi connectivity index (χ1v) is 7.17. The molecule has 1 aromatic heterocycles. The molecular weight excluding hydrogens is 434 g/mol. The maximum Gasteiger partial charge on any atom is 0.283 e. The van der Waals surface area contributed by atoms with Crippen molar-refractivity contribution in [1.82, 2.24) is 9.78 Å². The lowest BCUT2D eigenvalue weighted by atomic mass is 10.2. The topological polar surface area (TPSA) is 61.0 Å². The fourth-order valence-electron chi connectivity index (χ4n) is 1.47. The first kappa shape index (κ1) is 13.7. The molecule has 0 spiro atoms. The number of nitrogens with zero attached hydrogens (tertiary/aromatic N) is 3. The van der Waals surface area contributed by atoms with Crippen LogP contribution in [0.3, 0.4) is 0 Å². The summed E-state index contributed by atoms with van der Waals surface area (Å²) in [6, 6.07) is 6.75. The number of rotatable bonds is 3. The monoisotopic (exact) mass is 437 g/mol. The van der Waals surface area contributed by atoms with Gasteiger partial charge in [0.1, 0.15) is 13.7 Å². The van der Waals surface area contributed by atoms with E-state index < -0.39 is 4.92 Å². The van der Waals surface area contributed by atoms with Crippen molar-refractivity contribution in [3.63, 3.8) is 0 Å². The van der Waals surface area contributed by atoms with Crippen molar-refractivity contribution >= 4 is 53.5 Å². The molecule has 94 valence electrons. The number of hydrogen-bond donors (Lipinski definition) is 0. The molecule has 0 saturated carbocycles. The molecule has 2 aromatic rings. The summed E-state index contributed by atoms with van der Waals surface area (Å²) in [7, 11) is 0. The molecular formula is C10H6Br3N3O2. The van der Waals surface area contributed by atoms with Gasteiger partial charge in [-0.1, -0.05) is 12.1 Å². The van der Waals surface area contributed by atoms with E-state index in [-0.39, 0.29) is 5.69 Å². The molecule has 0 unspecified atom stereocenters. The number of nitro benzene ring substituents is 1. The van der Waals surface area contributed by atoms with E-state index in [1.807, 2.05) is 12.1 Å². The van der Waals surface area contributed by atoms with E-state index in [1.54, 1.807) is 10.7 Å². The minimum absolute atomic E-state index is 0.0508. The Morgan fingerprint density at radius 3 is 2.61 bits per heavy atom. The quantitative estimate of drug-likeness (QED) is 0.533. The second kappa shape index (κ2) is 5.50. The highest BCUT2D eigenvalue weighted by Gasteiger charge is 2.16. The summed E-state index contributed by atoms with van der Waals surface area (Å²) in [5, 5.41) is 15.1. The van der Waals surface area contributed by atoms with Gasteiger partial charge in [0.15, 0.2) is 0 Å². The van der Waals surface area contributed by atoms with E-state index in [4.69, 9.17) is 0 Å². The summed E-state index contributed by atoms with van der Waals surface area (Å²) in [4.78, 5) is 10.4. The maximum absolute atomic E-state index is 10.8. The SMILES string of the molecule is O=[N+]([O-])c1cccc(Cn2nc(Br)cc2Br)c1Br. The van der Waals surface area contributed by atoms with Crippen LogP contribution in [0, 0.1) is 10.1 Å². The average molecular weight is 440 g/mol. The number of hydrogen-bond acceptors (Lipinski definition) is 3. The molecule has 0 atom stereocenters. The molecule has 1 heterocycles. The number of nitro groups is 1. The molecule has 0 fully saturated rings. The van der Waals surface area contributed by atoms with Crippen molar-refractivity contribution in [2.24, 2.45) is 0 Å². The summed E-state index contributed by atoms with van der Waals surface area (Å²) in [5.41, 5.74) is 0.843. The summed E-state index contributed by atoms with van der Waals surface area (Å²) < 4.78 is 3.69. The zero-order valence-electron chi connectivity index (χ0n) is 8.81. The second-order valence-corrected chi connectivity index (χ2v) is 5.87. The van der Waals surface area contributed by atoms with Crippen molar-refractivity contribution in [2.75, 3.05) is 0 Å².